The van der Waals surface area contributed by atoms with Crippen molar-refractivity contribution in [2.45, 2.75) is 45.3 Å². The number of aromatic nitrogens is 1. The highest BCUT2D eigenvalue weighted by Crippen LogP contribution is 2.61. The van der Waals surface area contributed by atoms with E-state index in [1.54, 1.807) is 19.9 Å². The largest absolute Gasteiger partial charge is 0.488 e. The normalized spacial score (nSPS) is 22.9. The Morgan fingerprint density at radius 1 is 1.11 bits per heavy atom. The smallest absolute Gasteiger partial charge is 0.309 e. The van der Waals surface area contributed by atoms with Crippen LogP contribution in [-0.2, 0) is 28.2 Å². The Bertz CT molecular complexity index is 1480. The van der Waals surface area contributed by atoms with E-state index in [0.29, 0.717) is 38.0 Å². The fraction of sp³-hybridized carbons (Fsp3) is 0.300. The van der Waals surface area contributed by atoms with E-state index in [1.165, 1.54) is 6.07 Å². The molecule has 1 aliphatic carbocycles. The SMILES string of the molecule is Cc1cc(-n2c3c(c4c(OCc5ccccc5)cccc42)[C@]2(C[C@@](C)(C(=O)O)C2)OCC3)ccc1F. The van der Waals surface area contributed by atoms with Crippen molar-refractivity contribution in [3.63, 3.8) is 0 Å². The van der Waals surface area contributed by atoms with Crippen LogP contribution in [0.4, 0.5) is 4.39 Å². The van der Waals surface area contributed by atoms with Gasteiger partial charge in [0.1, 0.15) is 18.2 Å². The summed E-state index contributed by atoms with van der Waals surface area (Å²) < 4.78 is 29.1. The van der Waals surface area contributed by atoms with Crippen LogP contribution < -0.4 is 4.74 Å². The number of hydrogen-bond acceptors (Lipinski definition) is 3. The van der Waals surface area contributed by atoms with Crippen LogP contribution in [0.25, 0.3) is 16.6 Å². The zero-order valence-electron chi connectivity index (χ0n) is 20.4. The van der Waals surface area contributed by atoms with Crippen molar-refractivity contribution in [2.24, 2.45) is 5.41 Å². The molecule has 0 amide bonds. The van der Waals surface area contributed by atoms with Crippen LogP contribution in [0.2, 0.25) is 0 Å². The average Bonchev–Trinajstić information content (AvgIpc) is 3.20. The Labute approximate surface area is 209 Å². The molecule has 6 rings (SSSR count). The van der Waals surface area contributed by atoms with Crippen LogP contribution >= 0.6 is 0 Å². The molecule has 0 radical (unpaired) electrons. The van der Waals surface area contributed by atoms with E-state index in [0.717, 1.165) is 39.2 Å². The van der Waals surface area contributed by atoms with Crippen molar-refractivity contribution in [3.8, 4) is 11.4 Å². The highest BCUT2D eigenvalue weighted by atomic mass is 19.1. The van der Waals surface area contributed by atoms with Crippen LogP contribution in [0.3, 0.4) is 0 Å². The predicted molar refractivity (Wildman–Crippen MR) is 135 cm³/mol. The summed E-state index contributed by atoms with van der Waals surface area (Å²) in [6.07, 6.45) is 1.47. The second kappa shape index (κ2) is 8.20. The molecule has 2 heterocycles. The van der Waals surface area contributed by atoms with Gasteiger partial charge in [0.15, 0.2) is 0 Å². The van der Waals surface area contributed by atoms with Gasteiger partial charge in [-0.25, -0.2) is 4.39 Å². The fourth-order valence-electron chi connectivity index (χ4n) is 6.06. The molecule has 0 saturated heterocycles. The quantitative estimate of drug-likeness (QED) is 0.360. The van der Waals surface area contributed by atoms with Gasteiger partial charge in [-0.15, -0.1) is 0 Å². The van der Waals surface area contributed by atoms with Gasteiger partial charge in [0.25, 0.3) is 0 Å². The van der Waals surface area contributed by atoms with Gasteiger partial charge < -0.3 is 19.1 Å². The number of carboxylic acid groups (broad SMARTS) is 1. The lowest BCUT2D eigenvalue weighted by atomic mass is 9.56. The van der Waals surface area contributed by atoms with Crippen molar-refractivity contribution in [2.75, 3.05) is 6.61 Å². The second-order valence-electron chi connectivity index (χ2n) is 10.3. The Balaban J connectivity index is 1.56. The van der Waals surface area contributed by atoms with E-state index in [4.69, 9.17) is 9.47 Å². The van der Waals surface area contributed by atoms with Crippen molar-refractivity contribution in [1.82, 2.24) is 4.57 Å². The molecule has 0 bridgehead atoms. The van der Waals surface area contributed by atoms with Crippen molar-refractivity contribution >= 4 is 16.9 Å². The van der Waals surface area contributed by atoms with Gasteiger partial charge in [-0.1, -0.05) is 36.4 Å². The Morgan fingerprint density at radius 2 is 1.89 bits per heavy atom. The number of carboxylic acids is 1. The molecule has 36 heavy (non-hydrogen) atoms. The van der Waals surface area contributed by atoms with E-state index in [-0.39, 0.29) is 5.82 Å². The highest BCUT2D eigenvalue weighted by Gasteiger charge is 2.61. The summed E-state index contributed by atoms with van der Waals surface area (Å²) in [5, 5.41) is 10.8. The first-order valence-electron chi connectivity index (χ1n) is 12.3. The number of ether oxygens (including phenoxy) is 2. The third kappa shape index (κ3) is 3.43. The minimum atomic E-state index is -0.838. The third-order valence-corrected chi connectivity index (χ3v) is 7.73. The Morgan fingerprint density at radius 3 is 2.61 bits per heavy atom. The number of rotatable bonds is 5. The van der Waals surface area contributed by atoms with Crippen LogP contribution in [0, 0.1) is 18.2 Å². The minimum absolute atomic E-state index is 0.244. The van der Waals surface area contributed by atoms with E-state index < -0.39 is 17.0 Å². The summed E-state index contributed by atoms with van der Waals surface area (Å²) in [5.41, 5.74) is 4.01. The van der Waals surface area contributed by atoms with Crippen LogP contribution in [0.1, 0.15) is 42.1 Å². The maximum Gasteiger partial charge on any atom is 0.309 e. The van der Waals surface area contributed by atoms with E-state index in [1.807, 2.05) is 54.6 Å². The number of hydrogen-bond donors (Lipinski definition) is 1. The molecule has 1 saturated carbocycles. The second-order valence-corrected chi connectivity index (χ2v) is 10.3. The summed E-state index contributed by atoms with van der Waals surface area (Å²) in [4.78, 5) is 12.0. The fourth-order valence-corrected chi connectivity index (χ4v) is 6.06. The molecule has 184 valence electrons. The topological polar surface area (TPSA) is 60.7 Å². The van der Waals surface area contributed by atoms with Crippen LogP contribution in [0.15, 0.2) is 66.7 Å². The summed E-state index contributed by atoms with van der Waals surface area (Å²) in [6.45, 7) is 4.46. The zero-order valence-corrected chi connectivity index (χ0v) is 20.4. The number of aryl methyl sites for hydroxylation is 1. The summed E-state index contributed by atoms with van der Waals surface area (Å²) in [6, 6.07) is 21.1. The summed E-state index contributed by atoms with van der Waals surface area (Å²) >= 11 is 0. The molecule has 0 atom stereocenters. The summed E-state index contributed by atoms with van der Waals surface area (Å²) in [7, 11) is 0. The van der Waals surface area contributed by atoms with Gasteiger partial charge in [-0.05, 0) is 68.1 Å². The lowest BCUT2D eigenvalue weighted by Gasteiger charge is -2.53. The molecule has 1 spiro atoms. The Kier molecular flexibility index (Phi) is 5.20. The van der Waals surface area contributed by atoms with Crippen molar-refractivity contribution in [3.05, 3.63) is 94.9 Å². The third-order valence-electron chi connectivity index (χ3n) is 7.73. The average molecular weight is 486 g/mol. The molecular weight excluding hydrogens is 457 g/mol. The first-order valence-corrected chi connectivity index (χ1v) is 12.3. The lowest BCUT2D eigenvalue weighted by molar-refractivity contribution is -0.198. The summed E-state index contributed by atoms with van der Waals surface area (Å²) in [5.74, 6) is -0.312. The molecule has 1 aliphatic heterocycles. The number of benzene rings is 3. The van der Waals surface area contributed by atoms with Gasteiger partial charge in [-0.3, -0.25) is 4.79 Å². The minimum Gasteiger partial charge on any atom is -0.488 e. The highest BCUT2D eigenvalue weighted by molar-refractivity contribution is 5.94. The van der Waals surface area contributed by atoms with E-state index in [9.17, 15) is 14.3 Å². The first kappa shape index (κ1) is 22.8. The van der Waals surface area contributed by atoms with Gasteiger partial charge in [-0.2, -0.15) is 0 Å². The lowest BCUT2D eigenvalue weighted by Crippen LogP contribution is -2.55. The first-order chi connectivity index (χ1) is 17.3. The van der Waals surface area contributed by atoms with Gasteiger partial charge in [0.2, 0.25) is 0 Å². The van der Waals surface area contributed by atoms with Gasteiger partial charge in [0.05, 0.1) is 23.1 Å². The van der Waals surface area contributed by atoms with E-state index in [2.05, 4.69) is 4.57 Å². The Hall–Kier alpha value is -3.64. The zero-order chi connectivity index (χ0) is 25.1. The molecule has 5 nitrogen and oxygen atoms in total. The predicted octanol–water partition coefficient (Wildman–Crippen LogP) is 6.31. The number of aliphatic carboxylic acids is 1. The maximum atomic E-state index is 14.2. The monoisotopic (exact) mass is 485 g/mol. The van der Waals surface area contributed by atoms with Crippen molar-refractivity contribution < 1.29 is 23.8 Å². The maximum absolute atomic E-state index is 14.2. The molecule has 6 heteroatoms. The van der Waals surface area contributed by atoms with Crippen molar-refractivity contribution in [1.29, 1.82) is 0 Å². The molecule has 1 aromatic heterocycles. The van der Waals surface area contributed by atoms with Gasteiger partial charge in [0, 0.05) is 28.8 Å². The molecular formula is C30H28FNO4. The standard InChI is InChI=1S/C30H28FNO4/c1-19-15-21(11-12-22(19)31)32-23-9-6-10-25(35-16-20-7-4-3-5-8-20)26(23)27-24(32)13-14-36-30(27)17-29(2,18-30)28(33)34/h3-12,15H,13-14,16-18H2,1-2H3,(H,33,34)/t29-,30-. The molecule has 1 fully saturated rings. The number of carbonyl (C=O) groups is 1. The molecule has 4 aromatic rings. The molecule has 1 N–H and O–H groups in total. The number of halogens is 1. The van der Waals surface area contributed by atoms with E-state index >= 15 is 0 Å². The molecule has 2 aliphatic rings. The molecule has 0 unspecified atom stereocenters. The van der Waals surface area contributed by atoms with Gasteiger partial charge >= 0.3 is 5.97 Å². The molecule has 3 aromatic carbocycles. The number of nitrogens with zero attached hydrogens (tertiary/aromatic N) is 1. The van der Waals surface area contributed by atoms with Crippen LogP contribution in [0.5, 0.6) is 5.75 Å². The van der Waals surface area contributed by atoms with Crippen LogP contribution in [-0.4, -0.2) is 22.2 Å². The number of fused-ring (bicyclic) bond motifs is 4.